The molecule has 2 aromatic rings. The van der Waals surface area contributed by atoms with Crippen molar-refractivity contribution in [2.45, 2.75) is 19.4 Å². The van der Waals surface area contributed by atoms with Gasteiger partial charge in [0.2, 0.25) is 0 Å². The molecule has 1 nitrogen and oxygen atoms in total. The van der Waals surface area contributed by atoms with Crippen LogP contribution >= 0.6 is 11.6 Å². The van der Waals surface area contributed by atoms with Crippen LogP contribution in [0.2, 0.25) is 5.02 Å². The first-order valence-electron chi connectivity index (χ1n) is 6.38. The fraction of sp³-hybridized carbons (Fsp3) is 0.250. The smallest absolute Gasteiger partial charge is 0.142 e. The van der Waals surface area contributed by atoms with Gasteiger partial charge in [-0.05, 0) is 55.3 Å². The second-order valence-electron chi connectivity index (χ2n) is 4.80. The molecular formula is C16H16ClF2N. The van der Waals surface area contributed by atoms with E-state index in [1.165, 1.54) is 18.2 Å². The molecule has 0 fully saturated rings. The fourth-order valence-electron chi connectivity index (χ4n) is 2.11. The molecule has 106 valence electrons. The van der Waals surface area contributed by atoms with Gasteiger partial charge in [-0.2, -0.15) is 0 Å². The second-order valence-corrected chi connectivity index (χ2v) is 5.21. The van der Waals surface area contributed by atoms with Gasteiger partial charge in [0, 0.05) is 6.04 Å². The van der Waals surface area contributed by atoms with Gasteiger partial charge in [0.15, 0.2) is 0 Å². The number of nitrogens with one attached hydrogen (secondary N) is 1. The van der Waals surface area contributed by atoms with Crippen molar-refractivity contribution < 1.29 is 8.78 Å². The Bertz CT molecular complexity index is 613. The molecule has 0 bridgehead atoms. The average molecular weight is 296 g/mol. The molecule has 0 aliphatic carbocycles. The monoisotopic (exact) mass is 295 g/mol. The molecule has 1 atom stereocenters. The lowest BCUT2D eigenvalue weighted by Gasteiger charge is -2.17. The normalized spacial score (nSPS) is 12.4. The molecule has 2 rings (SSSR count). The van der Waals surface area contributed by atoms with Crippen LogP contribution in [0.25, 0.3) is 0 Å². The van der Waals surface area contributed by atoms with E-state index in [0.29, 0.717) is 12.0 Å². The Morgan fingerprint density at radius 1 is 1.10 bits per heavy atom. The highest BCUT2D eigenvalue weighted by atomic mass is 35.5. The lowest BCUT2D eigenvalue weighted by molar-refractivity contribution is 0.570. The highest BCUT2D eigenvalue weighted by Gasteiger charge is 2.13. The highest BCUT2D eigenvalue weighted by molar-refractivity contribution is 6.30. The highest BCUT2D eigenvalue weighted by Crippen LogP contribution is 2.23. The van der Waals surface area contributed by atoms with Crippen LogP contribution in [0.5, 0.6) is 0 Å². The van der Waals surface area contributed by atoms with Gasteiger partial charge >= 0.3 is 0 Å². The minimum absolute atomic E-state index is 0.0781. The van der Waals surface area contributed by atoms with E-state index >= 15 is 0 Å². The van der Waals surface area contributed by atoms with Crippen LogP contribution in [-0.4, -0.2) is 7.05 Å². The largest absolute Gasteiger partial charge is 0.313 e. The lowest BCUT2D eigenvalue weighted by atomic mass is 9.98. The van der Waals surface area contributed by atoms with Crippen LogP contribution in [0.1, 0.15) is 22.7 Å². The van der Waals surface area contributed by atoms with E-state index in [1.54, 1.807) is 26.1 Å². The Labute approximate surface area is 122 Å². The first-order valence-corrected chi connectivity index (χ1v) is 6.76. The van der Waals surface area contributed by atoms with Crippen molar-refractivity contribution in [2.75, 3.05) is 7.05 Å². The molecule has 1 N–H and O–H groups in total. The molecule has 20 heavy (non-hydrogen) atoms. The van der Waals surface area contributed by atoms with E-state index in [9.17, 15) is 8.78 Å². The molecule has 0 heterocycles. The molecule has 0 aliphatic rings. The summed E-state index contributed by atoms with van der Waals surface area (Å²) in [5.41, 5.74) is 2.26. The zero-order valence-electron chi connectivity index (χ0n) is 11.4. The second kappa shape index (κ2) is 6.33. The lowest BCUT2D eigenvalue weighted by Crippen LogP contribution is -2.19. The van der Waals surface area contributed by atoms with Crippen molar-refractivity contribution in [1.82, 2.24) is 5.32 Å². The predicted octanol–water partition coefficient (Wildman–Crippen LogP) is 4.43. The first kappa shape index (κ1) is 14.9. The topological polar surface area (TPSA) is 12.0 Å². The third-order valence-corrected chi connectivity index (χ3v) is 3.68. The Balaban J connectivity index is 2.23. The molecule has 0 radical (unpaired) electrons. The minimum atomic E-state index is -0.436. The zero-order chi connectivity index (χ0) is 14.7. The van der Waals surface area contributed by atoms with Gasteiger partial charge in [0.25, 0.3) is 0 Å². The van der Waals surface area contributed by atoms with Gasteiger partial charge < -0.3 is 5.32 Å². The van der Waals surface area contributed by atoms with Crippen LogP contribution in [0, 0.1) is 18.6 Å². The molecule has 4 heteroatoms. The number of halogens is 3. The maximum atomic E-state index is 13.6. The summed E-state index contributed by atoms with van der Waals surface area (Å²) in [6, 6.07) is 9.80. The summed E-state index contributed by atoms with van der Waals surface area (Å²) in [6.45, 7) is 1.72. The van der Waals surface area contributed by atoms with E-state index in [4.69, 9.17) is 11.6 Å². The first-order chi connectivity index (χ1) is 9.51. The summed E-state index contributed by atoms with van der Waals surface area (Å²) in [6.07, 6.45) is 0.563. The van der Waals surface area contributed by atoms with Crippen molar-refractivity contribution in [3.63, 3.8) is 0 Å². The summed E-state index contributed by atoms with van der Waals surface area (Å²) >= 11 is 5.67. The van der Waals surface area contributed by atoms with E-state index in [0.717, 1.165) is 11.1 Å². The number of hydrogen-bond acceptors (Lipinski definition) is 1. The van der Waals surface area contributed by atoms with Crippen LogP contribution in [-0.2, 0) is 6.42 Å². The van der Waals surface area contributed by atoms with E-state index in [-0.39, 0.29) is 16.9 Å². The molecule has 2 aromatic carbocycles. The number of benzene rings is 2. The third-order valence-electron chi connectivity index (χ3n) is 3.37. The minimum Gasteiger partial charge on any atom is -0.313 e. The van der Waals surface area contributed by atoms with Crippen molar-refractivity contribution >= 4 is 11.6 Å². The Hall–Kier alpha value is -1.45. The Kier molecular flexibility index (Phi) is 4.73. The average Bonchev–Trinajstić information content (AvgIpc) is 2.43. The molecule has 0 saturated heterocycles. The quantitative estimate of drug-likeness (QED) is 0.880. The van der Waals surface area contributed by atoms with E-state index < -0.39 is 5.82 Å². The van der Waals surface area contributed by atoms with Crippen molar-refractivity contribution in [2.24, 2.45) is 0 Å². The summed E-state index contributed by atoms with van der Waals surface area (Å²) in [4.78, 5) is 0. The number of likely N-dealkylation sites (N-methyl/N-ethyl adjacent to an activating group) is 1. The summed E-state index contributed by atoms with van der Waals surface area (Å²) in [5.74, 6) is -0.667. The van der Waals surface area contributed by atoms with Crippen molar-refractivity contribution in [3.8, 4) is 0 Å². The Morgan fingerprint density at radius 3 is 2.45 bits per heavy atom. The van der Waals surface area contributed by atoms with E-state index in [2.05, 4.69) is 5.32 Å². The van der Waals surface area contributed by atoms with E-state index in [1.807, 2.05) is 6.07 Å². The maximum Gasteiger partial charge on any atom is 0.142 e. The van der Waals surface area contributed by atoms with Gasteiger partial charge in [0.1, 0.15) is 11.6 Å². The number of rotatable bonds is 4. The molecule has 0 aromatic heterocycles. The van der Waals surface area contributed by atoms with Gasteiger partial charge in [-0.3, -0.25) is 0 Å². The number of aryl methyl sites for hydroxylation is 1. The Morgan fingerprint density at radius 2 is 1.85 bits per heavy atom. The standard InChI is InChI=1S/C16H16ClF2N/c1-10-3-5-12(9-14(10)18)16(20-2)8-11-4-6-13(17)15(19)7-11/h3-7,9,16,20H,8H2,1-2H3. The molecule has 0 saturated carbocycles. The van der Waals surface area contributed by atoms with Crippen LogP contribution in [0.3, 0.4) is 0 Å². The van der Waals surface area contributed by atoms with Gasteiger partial charge in [-0.25, -0.2) is 8.78 Å². The van der Waals surface area contributed by atoms with Crippen molar-refractivity contribution in [1.29, 1.82) is 0 Å². The fourth-order valence-corrected chi connectivity index (χ4v) is 2.23. The molecular weight excluding hydrogens is 280 g/mol. The maximum absolute atomic E-state index is 13.6. The summed E-state index contributed by atoms with van der Waals surface area (Å²) < 4.78 is 27.1. The molecule has 0 amide bonds. The van der Waals surface area contributed by atoms with Crippen LogP contribution < -0.4 is 5.32 Å². The van der Waals surface area contributed by atoms with Gasteiger partial charge in [-0.15, -0.1) is 0 Å². The SMILES string of the molecule is CNC(Cc1ccc(Cl)c(F)c1)c1ccc(C)c(F)c1. The van der Waals surface area contributed by atoms with Crippen LogP contribution in [0.4, 0.5) is 8.78 Å². The van der Waals surface area contributed by atoms with Gasteiger partial charge in [0.05, 0.1) is 5.02 Å². The van der Waals surface area contributed by atoms with Crippen LogP contribution in [0.15, 0.2) is 36.4 Å². The predicted molar refractivity (Wildman–Crippen MR) is 78.1 cm³/mol. The molecule has 1 unspecified atom stereocenters. The molecule has 0 spiro atoms. The summed E-state index contributed by atoms with van der Waals surface area (Å²) in [7, 11) is 1.80. The third kappa shape index (κ3) is 3.35. The van der Waals surface area contributed by atoms with Crippen molar-refractivity contribution in [3.05, 3.63) is 69.7 Å². The number of hydrogen-bond donors (Lipinski definition) is 1. The zero-order valence-corrected chi connectivity index (χ0v) is 12.1. The van der Waals surface area contributed by atoms with Gasteiger partial charge in [-0.1, -0.05) is 29.8 Å². The summed E-state index contributed by atoms with van der Waals surface area (Å²) in [5, 5.41) is 3.23. The molecule has 0 aliphatic heterocycles.